The SMILES string of the molecule is C=Cc1ccccc1C[N+](C)(C)C(C)C. The first kappa shape index (κ1) is 12.0. The molecule has 1 aromatic rings. The van der Waals surface area contributed by atoms with Crippen molar-refractivity contribution in [3.05, 3.63) is 42.0 Å². The summed E-state index contributed by atoms with van der Waals surface area (Å²) in [7, 11) is 4.54. The molecular formula is C14H22N+. The molecule has 0 N–H and O–H groups in total. The lowest BCUT2D eigenvalue weighted by molar-refractivity contribution is -0.924. The highest BCUT2D eigenvalue weighted by Crippen LogP contribution is 2.17. The first-order valence-corrected chi connectivity index (χ1v) is 5.50. The topological polar surface area (TPSA) is 0 Å². The molecule has 0 atom stereocenters. The third kappa shape index (κ3) is 2.93. The van der Waals surface area contributed by atoms with E-state index in [1.165, 1.54) is 11.1 Å². The summed E-state index contributed by atoms with van der Waals surface area (Å²) in [5, 5.41) is 0. The van der Waals surface area contributed by atoms with Gasteiger partial charge in [0.25, 0.3) is 0 Å². The molecule has 15 heavy (non-hydrogen) atoms. The van der Waals surface area contributed by atoms with Crippen molar-refractivity contribution < 1.29 is 4.48 Å². The van der Waals surface area contributed by atoms with Crippen LogP contribution in [-0.4, -0.2) is 24.6 Å². The summed E-state index contributed by atoms with van der Waals surface area (Å²) in [6, 6.07) is 9.11. The first-order valence-electron chi connectivity index (χ1n) is 5.50. The van der Waals surface area contributed by atoms with Gasteiger partial charge in [-0.2, -0.15) is 0 Å². The Hall–Kier alpha value is -1.08. The van der Waals surface area contributed by atoms with Crippen LogP contribution in [0, 0.1) is 0 Å². The van der Waals surface area contributed by atoms with Crippen molar-refractivity contribution >= 4 is 6.08 Å². The van der Waals surface area contributed by atoms with E-state index in [0.717, 1.165) is 11.0 Å². The van der Waals surface area contributed by atoms with Crippen LogP contribution >= 0.6 is 0 Å². The van der Waals surface area contributed by atoms with Gasteiger partial charge >= 0.3 is 0 Å². The largest absolute Gasteiger partial charge is 0.323 e. The second-order valence-electron chi connectivity index (χ2n) is 4.93. The Kier molecular flexibility index (Phi) is 3.70. The van der Waals surface area contributed by atoms with Crippen LogP contribution < -0.4 is 0 Å². The molecule has 1 aromatic carbocycles. The smallest absolute Gasteiger partial charge is 0.105 e. The van der Waals surface area contributed by atoms with E-state index in [1.54, 1.807) is 0 Å². The minimum atomic E-state index is 0.628. The summed E-state index contributed by atoms with van der Waals surface area (Å²) < 4.78 is 1.00. The summed E-state index contributed by atoms with van der Waals surface area (Å²) >= 11 is 0. The fourth-order valence-corrected chi connectivity index (χ4v) is 1.50. The first-order chi connectivity index (χ1) is 6.97. The van der Waals surface area contributed by atoms with Gasteiger partial charge in [-0.05, 0) is 19.4 Å². The van der Waals surface area contributed by atoms with E-state index in [-0.39, 0.29) is 0 Å². The zero-order chi connectivity index (χ0) is 11.5. The minimum Gasteiger partial charge on any atom is -0.323 e. The third-order valence-corrected chi connectivity index (χ3v) is 3.25. The molecule has 0 saturated heterocycles. The lowest BCUT2D eigenvalue weighted by atomic mass is 10.1. The fourth-order valence-electron chi connectivity index (χ4n) is 1.50. The van der Waals surface area contributed by atoms with Crippen molar-refractivity contribution in [2.75, 3.05) is 14.1 Å². The summed E-state index contributed by atoms with van der Waals surface area (Å²) in [6.45, 7) is 9.44. The van der Waals surface area contributed by atoms with Crippen LogP contribution in [0.1, 0.15) is 25.0 Å². The molecule has 0 amide bonds. The van der Waals surface area contributed by atoms with E-state index < -0.39 is 0 Å². The zero-order valence-corrected chi connectivity index (χ0v) is 10.3. The standard InChI is InChI=1S/C14H22N/c1-6-13-9-7-8-10-14(13)11-15(4,5)12(2)3/h6-10,12H,1,11H2,2-5H3/q+1. The van der Waals surface area contributed by atoms with Crippen LogP contribution in [0.5, 0.6) is 0 Å². The van der Waals surface area contributed by atoms with Crippen LogP contribution in [-0.2, 0) is 6.54 Å². The van der Waals surface area contributed by atoms with Crippen LogP contribution in [0.4, 0.5) is 0 Å². The Morgan fingerprint density at radius 2 is 1.87 bits per heavy atom. The van der Waals surface area contributed by atoms with E-state index in [4.69, 9.17) is 0 Å². The van der Waals surface area contributed by atoms with Gasteiger partial charge in [-0.25, -0.2) is 0 Å². The molecule has 0 bridgehead atoms. The monoisotopic (exact) mass is 204 g/mol. The number of rotatable bonds is 4. The summed E-state index contributed by atoms with van der Waals surface area (Å²) in [4.78, 5) is 0. The molecule has 82 valence electrons. The second kappa shape index (κ2) is 4.63. The maximum Gasteiger partial charge on any atom is 0.105 e. The number of quaternary nitrogens is 1. The molecular weight excluding hydrogens is 182 g/mol. The van der Waals surface area contributed by atoms with E-state index in [0.29, 0.717) is 6.04 Å². The molecule has 0 aromatic heterocycles. The van der Waals surface area contributed by atoms with E-state index >= 15 is 0 Å². The maximum atomic E-state index is 3.86. The van der Waals surface area contributed by atoms with Gasteiger partial charge in [-0.15, -0.1) is 0 Å². The molecule has 0 aliphatic carbocycles. The van der Waals surface area contributed by atoms with Gasteiger partial charge in [-0.1, -0.05) is 36.9 Å². The van der Waals surface area contributed by atoms with Crippen molar-refractivity contribution in [1.29, 1.82) is 0 Å². The van der Waals surface area contributed by atoms with Crippen molar-refractivity contribution in [3.8, 4) is 0 Å². The van der Waals surface area contributed by atoms with Gasteiger partial charge in [0.1, 0.15) is 6.54 Å². The molecule has 0 unspecified atom stereocenters. The predicted molar refractivity (Wildman–Crippen MR) is 67.5 cm³/mol. The molecule has 1 rings (SSSR count). The Balaban J connectivity index is 2.94. The van der Waals surface area contributed by atoms with E-state index in [9.17, 15) is 0 Å². The van der Waals surface area contributed by atoms with Crippen LogP contribution in [0.15, 0.2) is 30.8 Å². The predicted octanol–water partition coefficient (Wildman–Crippen LogP) is 3.31. The number of nitrogens with zero attached hydrogens (tertiary/aromatic N) is 1. The van der Waals surface area contributed by atoms with Crippen molar-refractivity contribution in [1.82, 2.24) is 0 Å². The van der Waals surface area contributed by atoms with Gasteiger partial charge in [0.2, 0.25) is 0 Å². The molecule has 1 heteroatoms. The highest BCUT2D eigenvalue weighted by Gasteiger charge is 2.20. The molecule has 0 aliphatic rings. The molecule has 0 fully saturated rings. The maximum absolute atomic E-state index is 3.86. The summed E-state index contributed by atoms with van der Waals surface area (Å²) in [5.41, 5.74) is 2.63. The van der Waals surface area contributed by atoms with Crippen molar-refractivity contribution in [2.24, 2.45) is 0 Å². The van der Waals surface area contributed by atoms with Gasteiger partial charge < -0.3 is 4.48 Å². The number of hydrogen-bond acceptors (Lipinski definition) is 0. The lowest BCUT2D eigenvalue weighted by Crippen LogP contribution is -2.44. The Morgan fingerprint density at radius 1 is 1.27 bits per heavy atom. The quantitative estimate of drug-likeness (QED) is 0.660. The van der Waals surface area contributed by atoms with Gasteiger partial charge in [0.15, 0.2) is 0 Å². The molecule has 0 saturated carbocycles. The van der Waals surface area contributed by atoms with Crippen LogP contribution in [0.25, 0.3) is 6.08 Å². The lowest BCUT2D eigenvalue weighted by Gasteiger charge is -2.34. The average molecular weight is 204 g/mol. The Morgan fingerprint density at radius 3 is 2.40 bits per heavy atom. The Bertz CT molecular complexity index is 337. The zero-order valence-electron chi connectivity index (χ0n) is 10.3. The fraction of sp³-hybridized carbons (Fsp3) is 0.429. The van der Waals surface area contributed by atoms with Crippen molar-refractivity contribution in [3.63, 3.8) is 0 Å². The molecule has 0 heterocycles. The normalized spacial score (nSPS) is 11.8. The highest BCUT2D eigenvalue weighted by atomic mass is 15.3. The highest BCUT2D eigenvalue weighted by molar-refractivity contribution is 5.51. The molecule has 0 radical (unpaired) electrons. The van der Waals surface area contributed by atoms with Gasteiger partial charge in [-0.3, -0.25) is 0 Å². The van der Waals surface area contributed by atoms with Crippen LogP contribution in [0.2, 0.25) is 0 Å². The molecule has 0 aliphatic heterocycles. The summed E-state index contributed by atoms with van der Waals surface area (Å²) in [5.74, 6) is 0. The average Bonchev–Trinajstić information content (AvgIpc) is 2.18. The molecule has 1 nitrogen and oxygen atoms in total. The summed E-state index contributed by atoms with van der Waals surface area (Å²) in [6.07, 6.45) is 1.94. The number of hydrogen-bond donors (Lipinski definition) is 0. The van der Waals surface area contributed by atoms with Crippen LogP contribution in [0.3, 0.4) is 0 Å². The van der Waals surface area contributed by atoms with E-state index in [1.807, 2.05) is 6.08 Å². The molecule has 0 spiro atoms. The van der Waals surface area contributed by atoms with Gasteiger partial charge in [0.05, 0.1) is 20.1 Å². The number of benzene rings is 1. The minimum absolute atomic E-state index is 0.628. The third-order valence-electron chi connectivity index (χ3n) is 3.25. The Labute approximate surface area is 93.6 Å². The van der Waals surface area contributed by atoms with Crippen molar-refractivity contribution in [2.45, 2.75) is 26.4 Å². The second-order valence-corrected chi connectivity index (χ2v) is 4.93. The van der Waals surface area contributed by atoms with E-state index in [2.05, 4.69) is 58.8 Å². The van der Waals surface area contributed by atoms with Gasteiger partial charge in [0, 0.05) is 5.56 Å².